The van der Waals surface area contributed by atoms with Crippen molar-refractivity contribution in [2.75, 3.05) is 0 Å². The fourth-order valence-electron chi connectivity index (χ4n) is 2.47. The number of hydrogen-bond donors (Lipinski definition) is 2. The molecular formula is C15H13NO3. The Kier molecular flexibility index (Phi) is 2.29. The number of aliphatic hydroxyl groups excluding tert-OH is 1. The summed E-state index contributed by atoms with van der Waals surface area (Å²) in [5, 5.41) is 11.5. The van der Waals surface area contributed by atoms with Gasteiger partial charge in [0.25, 0.3) is 5.78 Å². The summed E-state index contributed by atoms with van der Waals surface area (Å²) in [7, 11) is 0. The van der Waals surface area contributed by atoms with Crippen LogP contribution in [0.1, 0.15) is 12.5 Å². The highest BCUT2D eigenvalue weighted by molar-refractivity contribution is 6.05. The molecule has 1 unspecified atom stereocenters. The molecule has 0 saturated heterocycles. The van der Waals surface area contributed by atoms with E-state index in [9.17, 15) is 9.90 Å². The number of carbonyl (C=O) groups excluding carboxylic acids is 1. The van der Waals surface area contributed by atoms with Gasteiger partial charge in [-0.1, -0.05) is 42.5 Å². The molecule has 0 bridgehead atoms. The molecule has 0 aliphatic carbocycles. The summed E-state index contributed by atoms with van der Waals surface area (Å²) in [6, 6.07) is 13.3. The Bertz CT molecular complexity index is 715. The van der Waals surface area contributed by atoms with Crippen LogP contribution in [0.3, 0.4) is 0 Å². The van der Waals surface area contributed by atoms with Crippen molar-refractivity contribution in [1.82, 2.24) is 0 Å². The highest BCUT2D eigenvalue weighted by atomic mass is 16.5. The van der Waals surface area contributed by atoms with E-state index in [0.717, 1.165) is 10.8 Å². The van der Waals surface area contributed by atoms with E-state index in [1.54, 1.807) is 6.92 Å². The number of ketones is 1. The van der Waals surface area contributed by atoms with Gasteiger partial charge in [-0.15, -0.1) is 0 Å². The van der Waals surface area contributed by atoms with Crippen molar-refractivity contribution >= 4 is 16.6 Å². The average molecular weight is 255 g/mol. The molecule has 3 N–H and O–H groups in total. The van der Waals surface area contributed by atoms with Crippen LogP contribution in [0.5, 0.6) is 0 Å². The quantitative estimate of drug-likeness (QED) is 0.820. The Morgan fingerprint density at radius 3 is 2.53 bits per heavy atom. The average Bonchev–Trinajstić information content (AvgIpc) is 2.63. The first-order valence-corrected chi connectivity index (χ1v) is 5.95. The lowest BCUT2D eigenvalue weighted by atomic mass is 9.88. The Morgan fingerprint density at radius 2 is 1.84 bits per heavy atom. The molecular weight excluding hydrogens is 242 g/mol. The normalized spacial score (nSPS) is 22.9. The maximum absolute atomic E-state index is 12.2. The molecule has 1 atom stereocenters. The molecule has 96 valence electrons. The second-order valence-corrected chi connectivity index (χ2v) is 4.70. The van der Waals surface area contributed by atoms with E-state index in [4.69, 9.17) is 10.5 Å². The summed E-state index contributed by atoms with van der Waals surface area (Å²) >= 11 is 0. The van der Waals surface area contributed by atoms with Gasteiger partial charge in [0.1, 0.15) is 0 Å². The van der Waals surface area contributed by atoms with Crippen molar-refractivity contribution in [1.29, 1.82) is 0 Å². The molecule has 0 amide bonds. The Hall–Kier alpha value is -2.49. The van der Waals surface area contributed by atoms with Gasteiger partial charge in [0.2, 0.25) is 11.6 Å². The summed E-state index contributed by atoms with van der Waals surface area (Å²) in [5.74, 6) is -1.24. The van der Waals surface area contributed by atoms with E-state index >= 15 is 0 Å². The van der Waals surface area contributed by atoms with Gasteiger partial charge in [0.05, 0.1) is 0 Å². The van der Waals surface area contributed by atoms with Crippen molar-refractivity contribution in [2.45, 2.75) is 12.5 Å². The lowest BCUT2D eigenvalue weighted by molar-refractivity contribution is -0.131. The Labute approximate surface area is 110 Å². The molecule has 1 aliphatic heterocycles. The molecule has 4 heteroatoms. The van der Waals surface area contributed by atoms with Crippen LogP contribution in [0.2, 0.25) is 0 Å². The van der Waals surface area contributed by atoms with Crippen LogP contribution in [0.4, 0.5) is 0 Å². The first-order chi connectivity index (χ1) is 9.04. The smallest absolute Gasteiger partial charge is 0.250 e. The topological polar surface area (TPSA) is 72.6 Å². The minimum Gasteiger partial charge on any atom is -0.501 e. The van der Waals surface area contributed by atoms with Crippen molar-refractivity contribution in [3.8, 4) is 0 Å². The number of rotatable bonds is 1. The molecule has 0 fully saturated rings. The lowest BCUT2D eigenvalue weighted by Gasteiger charge is -2.24. The van der Waals surface area contributed by atoms with E-state index in [2.05, 4.69) is 0 Å². The van der Waals surface area contributed by atoms with Gasteiger partial charge in [-0.2, -0.15) is 0 Å². The first kappa shape index (κ1) is 11.6. The van der Waals surface area contributed by atoms with Gasteiger partial charge >= 0.3 is 0 Å². The zero-order valence-corrected chi connectivity index (χ0v) is 10.4. The fourth-order valence-corrected chi connectivity index (χ4v) is 2.47. The van der Waals surface area contributed by atoms with Crippen molar-refractivity contribution < 1.29 is 14.6 Å². The summed E-state index contributed by atoms with van der Waals surface area (Å²) in [6.07, 6.45) is 0. The maximum atomic E-state index is 12.2. The second-order valence-electron chi connectivity index (χ2n) is 4.70. The molecule has 3 rings (SSSR count). The van der Waals surface area contributed by atoms with Crippen LogP contribution in [0.25, 0.3) is 10.8 Å². The number of benzene rings is 2. The van der Waals surface area contributed by atoms with E-state index in [1.165, 1.54) is 0 Å². The van der Waals surface area contributed by atoms with Gasteiger partial charge in [0.15, 0.2) is 5.60 Å². The molecule has 0 spiro atoms. The molecule has 2 aromatic carbocycles. The predicted octanol–water partition coefficient (Wildman–Crippen LogP) is 2.34. The van der Waals surface area contributed by atoms with Crippen molar-refractivity contribution in [3.05, 3.63) is 59.7 Å². The van der Waals surface area contributed by atoms with Crippen LogP contribution in [-0.2, 0) is 15.1 Å². The van der Waals surface area contributed by atoms with Crippen LogP contribution in [0.15, 0.2) is 54.1 Å². The number of nitrogens with two attached hydrogens (primary N) is 1. The highest BCUT2D eigenvalue weighted by Gasteiger charge is 2.47. The van der Waals surface area contributed by atoms with Crippen molar-refractivity contribution in [2.24, 2.45) is 5.73 Å². The second kappa shape index (κ2) is 3.75. The Balaban J connectivity index is 2.24. The minimum absolute atomic E-state index is 0.222. The molecule has 19 heavy (non-hydrogen) atoms. The number of aliphatic hydroxyl groups is 1. The Morgan fingerprint density at radius 1 is 1.16 bits per heavy atom. The van der Waals surface area contributed by atoms with Gasteiger partial charge in [-0.05, 0) is 17.7 Å². The third kappa shape index (κ3) is 1.50. The van der Waals surface area contributed by atoms with Crippen molar-refractivity contribution in [3.63, 3.8) is 0 Å². The number of Topliss-reactive ketones (excluding diaryl/α,β-unsaturated/α-hetero) is 1. The van der Waals surface area contributed by atoms with E-state index in [1.807, 2.05) is 42.5 Å². The van der Waals surface area contributed by atoms with Crippen LogP contribution in [-0.4, -0.2) is 10.9 Å². The van der Waals surface area contributed by atoms with E-state index < -0.39 is 17.1 Å². The molecule has 4 nitrogen and oxygen atoms in total. The SMILES string of the molecule is CC1(c2cccc3ccccc23)OC(N)=C(O)C1=O. The standard InChI is InChI=1S/C15H13NO3/c1-15(13(18)12(17)14(16)19-15)11-8-4-6-9-5-2-3-7-10(9)11/h2-8,17H,16H2,1H3. The summed E-state index contributed by atoms with van der Waals surface area (Å²) in [6.45, 7) is 1.62. The lowest BCUT2D eigenvalue weighted by Crippen LogP contribution is -2.31. The fraction of sp³-hybridized carbons (Fsp3) is 0.133. The zero-order valence-electron chi connectivity index (χ0n) is 10.4. The van der Waals surface area contributed by atoms with Crippen LogP contribution < -0.4 is 5.73 Å². The van der Waals surface area contributed by atoms with E-state index in [-0.39, 0.29) is 5.88 Å². The molecule has 2 aromatic rings. The summed E-state index contributed by atoms with van der Waals surface area (Å²) in [4.78, 5) is 12.2. The van der Waals surface area contributed by atoms with Crippen LogP contribution in [0, 0.1) is 0 Å². The number of carbonyl (C=O) groups is 1. The van der Waals surface area contributed by atoms with Gasteiger partial charge < -0.3 is 15.6 Å². The third-order valence-electron chi connectivity index (χ3n) is 3.50. The summed E-state index contributed by atoms with van der Waals surface area (Å²) < 4.78 is 5.43. The monoisotopic (exact) mass is 255 g/mol. The number of ether oxygens (including phenoxy) is 1. The first-order valence-electron chi connectivity index (χ1n) is 5.95. The third-order valence-corrected chi connectivity index (χ3v) is 3.50. The maximum Gasteiger partial charge on any atom is 0.250 e. The molecule has 1 heterocycles. The van der Waals surface area contributed by atoms with E-state index in [0.29, 0.717) is 5.56 Å². The molecule has 1 aliphatic rings. The summed E-state index contributed by atoms with van der Waals surface area (Å²) in [5.41, 5.74) is 4.94. The largest absolute Gasteiger partial charge is 0.501 e. The van der Waals surface area contributed by atoms with Gasteiger partial charge in [-0.3, -0.25) is 4.79 Å². The number of hydrogen-bond acceptors (Lipinski definition) is 4. The zero-order chi connectivity index (χ0) is 13.6. The molecule has 0 saturated carbocycles. The van der Waals surface area contributed by atoms with Gasteiger partial charge in [0, 0.05) is 5.56 Å². The highest BCUT2D eigenvalue weighted by Crippen LogP contribution is 2.39. The predicted molar refractivity (Wildman–Crippen MR) is 71.2 cm³/mol. The van der Waals surface area contributed by atoms with Gasteiger partial charge in [-0.25, -0.2) is 0 Å². The molecule has 0 aromatic heterocycles. The number of fused-ring (bicyclic) bond motifs is 1. The molecule has 0 radical (unpaired) electrons. The van der Waals surface area contributed by atoms with Crippen LogP contribution >= 0.6 is 0 Å². The minimum atomic E-state index is -1.27.